The number of ether oxygens (including phenoxy) is 1. The van der Waals surface area contributed by atoms with E-state index in [4.69, 9.17) is 10.5 Å². The van der Waals surface area contributed by atoms with Crippen LogP contribution in [-0.4, -0.2) is 63.1 Å². The Balaban J connectivity index is 1.33. The molecular weight excluding hydrogens is 382 g/mol. The second-order valence-corrected chi connectivity index (χ2v) is 6.95. The van der Waals surface area contributed by atoms with Crippen molar-refractivity contribution in [3.05, 3.63) is 54.1 Å². The van der Waals surface area contributed by atoms with Crippen molar-refractivity contribution >= 4 is 17.8 Å². The van der Waals surface area contributed by atoms with Gasteiger partial charge in [-0.3, -0.25) is 4.90 Å². The van der Waals surface area contributed by atoms with Crippen LogP contribution in [0.4, 0.5) is 17.8 Å². The van der Waals surface area contributed by atoms with Gasteiger partial charge < -0.3 is 20.7 Å². The van der Waals surface area contributed by atoms with Crippen molar-refractivity contribution in [2.45, 2.75) is 13.1 Å². The Bertz CT molecular complexity index is 944. The van der Waals surface area contributed by atoms with Gasteiger partial charge in [-0.25, -0.2) is 9.97 Å². The summed E-state index contributed by atoms with van der Waals surface area (Å²) >= 11 is 0. The van der Waals surface area contributed by atoms with Crippen LogP contribution in [0.15, 0.2) is 42.7 Å². The maximum absolute atomic E-state index is 5.91. The Morgan fingerprint density at radius 3 is 2.43 bits per heavy atom. The number of rotatable bonds is 7. The molecule has 156 valence electrons. The van der Waals surface area contributed by atoms with Crippen LogP contribution < -0.4 is 20.7 Å². The molecule has 3 aromatic rings. The predicted octanol–water partition coefficient (Wildman–Crippen LogP) is 1.19. The molecular formula is C20H25N9O. The predicted molar refractivity (Wildman–Crippen MR) is 114 cm³/mol. The lowest BCUT2D eigenvalue weighted by molar-refractivity contribution is 0.243. The normalized spacial score (nSPS) is 14.5. The van der Waals surface area contributed by atoms with Crippen molar-refractivity contribution < 1.29 is 4.74 Å². The van der Waals surface area contributed by atoms with Crippen molar-refractivity contribution in [3.8, 4) is 5.75 Å². The number of methoxy groups -OCH3 is 1. The monoisotopic (exact) mass is 407 g/mol. The lowest BCUT2D eigenvalue weighted by Gasteiger charge is -2.34. The summed E-state index contributed by atoms with van der Waals surface area (Å²) in [6, 6.07) is 9.65. The highest BCUT2D eigenvalue weighted by Gasteiger charge is 2.20. The third-order valence-corrected chi connectivity index (χ3v) is 4.88. The average molecular weight is 407 g/mol. The van der Waals surface area contributed by atoms with Gasteiger partial charge >= 0.3 is 0 Å². The van der Waals surface area contributed by atoms with Crippen LogP contribution in [0, 0.1) is 0 Å². The highest BCUT2D eigenvalue weighted by molar-refractivity contribution is 5.34. The van der Waals surface area contributed by atoms with Crippen LogP contribution in [0.25, 0.3) is 0 Å². The minimum absolute atomic E-state index is 0.216. The number of hydrogen-bond donors (Lipinski definition) is 2. The molecule has 1 aliphatic rings. The third-order valence-electron chi connectivity index (χ3n) is 4.88. The molecule has 3 heterocycles. The van der Waals surface area contributed by atoms with E-state index in [1.807, 2.05) is 30.3 Å². The number of anilines is 3. The summed E-state index contributed by atoms with van der Waals surface area (Å²) in [4.78, 5) is 26.2. The standard InChI is InChI=1S/C20H25N9O/c1-30-16-5-3-15(4-6-16)13-24-19-26-17(25-18(21)27-19)14-28-9-11-29(12-10-28)20-22-7-2-8-23-20/h2-8H,9-14H2,1H3,(H3,21,24,25,26,27). The summed E-state index contributed by atoms with van der Waals surface area (Å²) in [5, 5.41) is 3.22. The Labute approximate surface area is 175 Å². The molecule has 1 aromatic carbocycles. The third kappa shape index (κ3) is 5.09. The molecule has 3 N–H and O–H groups in total. The molecule has 0 radical (unpaired) electrons. The number of aromatic nitrogens is 5. The van der Waals surface area contributed by atoms with Gasteiger partial charge in [0.25, 0.3) is 0 Å². The molecule has 2 aromatic heterocycles. The number of hydrogen-bond acceptors (Lipinski definition) is 10. The van der Waals surface area contributed by atoms with E-state index in [-0.39, 0.29) is 5.95 Å². The zero-order valence-electron chi connectivity index (χ0n) is 16.9. The summed E-state index contributed by atoms with van der Waals surface area (Å²) in [6.07, 6.45) is 3.53. The highest BCUT2D eigenvalue weighted by Crippen LogP contribution is 2.14. The molecule has 0 atom stereocenters. The number of benzene rings is 1. The molecule has 0 bridgehead atoms. The molecule has 1 fully saturated rings. The maximum atomic E-state index is 5.91. The quantitative estimate of drug-likeness (QED) is 0.591. The van der Waals surface area contributed by atoms with Crippen molar-refractivity contribution in [3.63, 3.8) is 0 Å². The van der Waals surface area contributed by atoms with Crippen molar-refractivity contribution in [2.75, 3.05) is 49.2 Å². The van der Waals surface area contributed by atoms with Gasteiger partial charge in [-0.2, -0.15) is 15.0 Å². The molecule has 10 nitrogen and oxygen atoms in total. The van der Waals surface area contributed by atoms with Gasteiger partial charge in [-0.05, 0) is 23.8 Å². The smallest absolute Gasteiger partial charge is 0.228 e. The number of nitrogen functional groups attached to an aromatic ring is 1. The zero-order valence-corrected chi connectivity index (χ0v) is 16.9. The summed E-state index contributed by atoms with van der Waals surface area (Å²) < 4.78 is 5.18. The van der Waals surface area contributed by atoms with Gasteiger partial charge in [-0.1, -0.05) is 12.1 Å². The molecule has 0 spiro atoms. The van der Waals surface area contributed by atoms with Gasteiger partial charge in [0, 0.05) is 45.1 Å². The SMILES string of the molecule is COc1ccc(CNc2nc(N)nc(CN3CCN(c4ncccn4)CC3)n2)cc1. The average Bonchev–Trinajstić information content (AvgIpc) is 2.79. The van der Waals surface area contributed by atoms with Gasteiger partial charge in [0.2, 0.25) is 17.8 Å². The fourth-order valence-electron chi connectivity index (χ4n) is 3.27. The maximum Gasteiger partial charge on any atom is 0.228 e. The molecule has 30 heavy (non-hydrogen) atoms. The largest absolute Gasteiger partial charge is 0.497 e. The van der Waals surface area contributed by atoms with E-state index in [0.717, 1.165) is 43.4 Å². The lowest BCUT2D eigenvalue weighted by Crippen LogP contribution is -2.46. The first kappa shape index (κ1) is 19.8. The first-order valence-corrected chi connectivity index (χ1v) is 9.81. The molecule has 1 aliphatic heterocycles. The molecule has 1 saturated heterocycles. The molecule has 0 amide bonds. The highest BCUT2D eigenvalue weighted by atomic mass is 16.5. The van der Waals surface area contributed by atoms with Crippen molar-refractivity contribution in [1.29, 1.82) is 0 Å². The Morgan fingerprint density at radius 2 is 1.73 bits per heavy atom. The van der Waals surface area contributed by atoms with Crippen LogP contribution in [0.5, 0.6) is 5.75 Å². The van der Waals surface area contributed by atoms with Crippen LogP contribution in [-0.2, 0) is 13.1 Å². The van der Waals surface area contributed by atoms with Crippen LogP contribution >= 0.6 is 0 Å². The van der Waals surface area contributed by atoms with Crippen molar-refractivity contribution in [2.24, 2.45) is 0 Å². The van der Waals surface area contributed by atoms with E-state index in [1.54, 1.807) is 19.5 Å². The number of nitrogens with two attached hydrogens (primary N) is 1. The lowest BCUT2D eigenvalue weighted by atomic mass is 10.2. The fraction of sp³-hybridized carbons (Fsp3) is 0.350. The van der Waals surface area contributed by atoms with E-state index < -0.39 is 0 Å². The second kappa shape index (κ2) is 9.31. The van der Waals surface area contributed by atoms with Gasteiger partial charge in [0.05, 0.1) is 13.7 Å². The minimum Gasteiger partial charge on any atom is -0.497 e. The van der Waals surface area contributed by atoms with Gasteiger partial charge in [0.15, 0.2) is 0 Å². The van der Waals surface area contributed by atoms with Crippen LogP contribution in [0.1, 0.15) is 11.4 Å². The summed E-state index contributed by atoms with van der Waals surface area (Å²) in [5.74, 6) is 2.94. The van der Waals surface area contributed by atoms with Crippen LogP contribution in [0.2, 0.25) is 0 Å². The topological polar surface area (TPSA) is 118 Å². The molecule has 4 rings (SSSR count). The number of nitrogens with one attached hydrogen (secondary N) is 1. The summed E-state index contributed by atoms with van der Waals surface area (Å²) in [7, 11) is 1.65. The van der Waals surface area contributed by atoms with Gasteiger partial charge in [0.1, 0.15) is 11.6 Å². The molecule has 0 saturated carbocycles. The summed E-state index contributed by atoms with van der Waals surface area (Å²) in [5.41, 5.74) is 7.00. The van der Waals surface area contributed by atoms with E-state index in [0.29, 0.717) is 24.9 Å². The van der Waals surface area contributed by atoms with Crippen molar-refractivity contribution in [1.82, 2.24) is 29.8 Å². The first-order chi connectivity index (χ1) is 14.7. The second-order valence-electron chi connectivity index (χ2n) is 6.95. The van der Waals surface area contributed by atoms with E-state index in [1.165, 1.54) is 0 Å². The molecule has 0 aliphatic carbocycles. The Hall–Kier alpha value is -3.53. The Morgan fingerprint density at radius 1 is 1.00 bits per heavy atom. The molecule has 0 unspecified atom stereocenters. The van der Waals surface area contributed by atoms with E-state index in [2.05, 4.69) is 40.0 Å². The van der Waals surface area contributed by atoms with Crippen LogP contribution in [0.3, 0.4) is 0 Å². The Kier molecular flexibility index (Phi) is 6.14. The fourth-order valence-corrected chi connectivity index (χ4v) is 3.27. The molecule has 10 heteroatoms. The summed E-state index contributed by atoms with van der Waals surface area (Å²) in [6.45, 7) is 4.66. The number of nitrogens with zero attached hydrogens (tertiary/aromatic N) is 7. The zero-order chi connectivity index (χ0) is 20.8. The number of piperazine rings is 1. The van der Waals surface area contributed by atoms with E-state index >= 15 is 0 Å². The first-order valence-electron chi connectivity index (χ1n) is 9.81. The minimum atomic E-state index is 0.216. The van der Waals surface area contributed by atoms with Gasteiger partial charge in [-0.15, -0.1) is 0 Å². The van der Waals surface area contributed by atoms with E-state index in [9.17, 15) is 0 Å².